The number of aryl methyl sites for hydroxylation is 1. The number of anilines is 1. The number of rotatable bonds is 2. The molecule has 1 aliphatic heterocycles. The van der Waals surface area contributed by atoms with E-state index in [4.69, 9.17) is 0 Å². The fourth-order valence-corrected chi connectivity index (χ4v) is 2.19. The van der Waals surface area contributed by atoms with Gasteiger partial charge in [-0.05, 0) is 25.8 Å². The number of aromatic nitrogens is 1. The van der Waals surface area contributed by atoms with Gasteiger partial charge in [0, 0.05) is 31.9 Å². The molecule has 104 valence electrons. The van der Waals surface area contributed by atoms with Crippen LogP contribution in [0.3, 0.4) is 0 Å². The Morgan fingerprint density at radius 2 is 2.32 bits per heavy atom. The maximum Gasteiger partial charge on any atom is 0.321 e. The van der Waals surface area contributed by atoms with Gasteiger partial charge in [0.05, 0.1) is 11.8 Å². The third kappa shape index (κ3) is 3.35. The number of pyridine rings is 1. The van der Waals surface area contributed by atoms with Gasteiger partial charge in [0.1, 0.15) is 0 Å². The Hall–Kier alpha value is -1.82. The molecule has 1 aliphatic rings. The summed E-state index contributed by atoms with van der Waals surface area (Å²) in [7, 11) is 0. The highest BCUT2D eigenvalue weighted by Crippen LogP contribution is 2.12. The zero-order chi connectivity index (χ0) is 13.8. The number of urea groups is 1. The van der Waals surface area contributed by atoms with Gasteiger partial charge in [-0.25, -0.2) is 4.79 Å². The van der Waals surface area contributed by atoms with Crippen LogP contribution >= 0.6 is 0 Å². The molecular weight excluding hydrogens is 246 g/mol. The first-order chi connectivity index (χ1) is 9.10. The van der Waals surface area contributed by atoms with Crippen molar-refractivity contribution in [2.75, 3.05) is 18.4 Å². The molecule has 0 saturated carbocycles. The number of likely N-dealkylation sites (tertiary alicyclic amines) is 1. The Balaban J connectivity index is 2.04. The number of nitrogens with one attached hydrogen (secondary N) is 1. The summed E-state index contributed by atoms with van der Waals surface area (Å²) in [5.41, 5.74) is 0.500. The summed E-state index contributed by atoms with van der Waals surface area (Å²) in [6.07, 6.45) is 2.73. The molecule has 0 bridgehead atoms. The highest BCUT2D eigenvalue weighted by atomic mass is 16.3. The van der Waals surface area contributed by atoms with Gasteiger partial charge >= 0.3 is 6.03 Å². The number of carbonyl (C=O) groups excluding carboxylic acids is 1. The summed E-state index contributed by atoms with van der Waals surface area (Å²) in [6, 6.07) is 2.79. The first-order valence-corrected chi connectivity index (χ1v) is 6.54. The molecule has 1 saturated heterocycles. The second-order valence-corrected chi connectivity index (χ2v) is 4.71. The molecule has 6 heteroatoms. The predicted molar refractivity (Wildman–Crippen MR) is 72.2 cm³/mol. The maximum atomic E-state index is 12.0. The minimum atomic E-state index is -0.441. The molecular formula is C13H19N3O3. The molecule has 0 aliphatic carbocycles. The van der Waals surface area contributed by atoms with Gasteiger partial charge in [-0.15, -0.1) is 0 Å². The molecule has 1 aromatic heterocycles. The first kappa shape index (κ1) is 13.6. The van der Waals surface area contributed by atoms with Gasteiger partial charge < -0.3 is 19.9 Å². The van der Waals surface area contributed by atoms with Crippen LogP contribution in [-0.2, 0) is 6.54 Å². The molecule has 1 unspecified atom stereocenters. The van der Waals surface area contributed by atoms with E-state index in [-0.39, 0.29) is 11.6 Å². The SMILES string of the molecule is CCn1cc(NC(=O)N2CCCC(O)C2)ccc1=O. The summed E-state index contributed by atoms with van der Waals surface area (Å²) in [4.78, 5) is 25.0. The van der Waals surface area contributed by atoms with E-state index in [2.05, 4.69) is 5.32 Å². The van der Waals surface area contributed by atoms with E-state index < -0.39 is 6.10 Å². The molecule has 2 N–H and O–H groups in total. The van der Waals surface area contributed by atoms with Crippen molar-refractivity contribution in [1.29, 1.82) is 0 Å². The third-order valence-corrected chi connectivity index (χ3v) is 3.26. The molecule has 2 heterocycles. The quantitative estimate of drug-likeness (QED) is 0.832. The van der Waals surface area contributed by atoms with Gasteiger partial charge in [0.25, 0.3) is 5.56 Å². The number of amides is 2. The van der Waals surface area contributed by atoms with Crippen LogP contribution in [0.4, 0.5) is 10.5 Å². The number of carbonyl (C=O) groups is 1. The Labute approximate surface area is 111 Å². The molecule has 2 amide bonds. The molecule has 19 heavy (non-hydrogen) atoms. The third-order valence-electron chi connectivity index (χ3n) is 3.26. The van der Waals surface area contributed by atoms with E-state index in [0.29, 0.717) is 25.3 Å². The van der Waals surface area contributed by atoms with Crippen LogP contribution in [0.5, 0.6) is 0 Å². The van der Waals surface area contributed by atoms with Crippen LogP contribution < -0.4 is 10.9 Å². The lowest BCUT2D eigenvalue weighted by Crippen LogP contribution is -2.44. The fraction of sp³-hybridized carbons (Fsp3) is 0.538. The molecule has 1 fully saturated rings. The minimum absolute atomic E-state index is 0.0890. The normalized spacial score (nSPS) is 19.3. The Morgan fingerprint density at radius 3 is 3.00 bits per heavy atom. The molecule has 1 aromatic rings. The van der Waals surface area contributed by atoms with E-state index in [1.54, 1.807) is 17.2 Å². The number of aliphatic hydroxyl groups excluding tert-OH is 1. The molecule has 0 radical (unpaired) electrons. The van der Waals surface area contributed by atoms with E-state index in [1.807, 2.05) is 6.92 Å². The van der Waals surface area contributed by atoms with Crippen LogP contribution in [0.1, 0.15) is 19.8 Å². The van der Waals surface area contributed by atoms with Gasteiger partial charge in [-0.2, -0.15) is 0 Å². The van der Waals surface area contributed by atoms with Crippen molar-refractivity contribution < 1.29 is 9.90 Å². The van der Waals surface area contributed by atoms with E-state index in [1.165, 1.54) is 10.6 Å². The van der Waals surface area contributed by atoms with Gasteiger partial charge in [-0.3, -0.25) is 4.79 Å². The Morgan fingerprint density at radius 1 is 1.53 bits per heavy atom. The number of β-amino-alcohol motifs (C(OH)–C–C–N with tert-alkyl or cyclic N) is 1. The van der Waals surface area contributed by atoms with Crippen molar-refractivity contribution in [1.82, 2.24) is 9.47 Å². The van der Waals surface area contributed by atoms with Crippen LogP contribution in [0.25, 0.3) is 0 Å². The Bertz CT molecular complexity index is 512. The minimum Gasteiger partial charge on any atom is -0.391 e. The predicted octanol–water partition coefficient (Wildman–Crippen LogP) is 0.857. The van der Waals surface area contributed by atoms with Crippen molar-refractivity contribution in [3.8, 4) is 0 Å². The lowest BCUT2D eigenvalue weighted by Gasteiger charge is -2.30. The zero-order valence-corrected chi connectivity index (χ0v) is 11.0. The molecule has 0 spiro atoms. The number of hydrogen-bond acceptors (Lipinski definition) is 3. The van der Waals surface area contributed by atoms with Crippen molar-refractivity contribution in [2.45, 2.75) is 32.4 Å². The lowest BCUT2D eigenvalue weighted by atomic mass is 10.1. The second-order valence-electron chi connectivity index (χ2n) is 4.71. The van der Waals surface area contributed by atoms with Crippen LogP contribution in [-0.4, -0.2) is 39.8 Å². The first-order valence-electron chi connectivity index (χ1n) is 6.54. The molecule has 1 atom stereocenters. The Kier molecular flexibility index (Phi) is 4.21. The van der Waals surface area contributed by atoms with Gasteiger partial charge in [-0.1, -0.05) is 0 Å². The number of hydrogen-bond donors (Lipinski definition) is 2. The topological polar surface area (TPSA) is 74.6 Å². The van der Waals surface area contributed by atoms with E-state index >= 15 is 0 Å². The highest BCUT2D eigenvalue weighted by Gasteiger charge is 2.21. The smallest absolute Gasteiger partial charge is 0.321 e. The van der Waals surface area contributed by atoms with Gasteiger partial charge in [0.15, 0.2) is 0 Å². The van der Waals surface area contributed by atoms with Crippen LogP contribution in [0.15, 0.2) is 23.1 Å². The van der Waals surface area contributed by atoms with Crippen molar-refractivity contribution in [3.05, 3.63) is 28.7 Å². The monoisotopic (exact) mass is 265 g/mol. The molecule has 2 rings (SSSR count). The maximum absolute atomic E-state index is 12.0. The van der Waals surface area contributed by atoms with Gasteiger partial charge in [0.2, 0.25) is 0 Å². The summed E-state index contributed by atoms with van der Waals surface area (Å²) < 4.78 is 1.53. The zero-order valence-electron chi connectivity index (χ0n) is 11.0. The molecule has 0 aromatic carbocycles. The lowest BCUT2D eigenvalue weighted by molar-refractivity contribution is 0.0883. The summed E-state index contributed by atoms with van der Waals surface area (Å²) in [5, 5.41) is 12.3. The summed E-state index contributed by atoms with van der Waals surface area (Å²) in [6.45, 7) is 3.44. The van der Waals surface area contributed by atoms with Crippen molar-refractivity contribution >= 4 is 11.7 Å². The van der Waals surface area contributed by atoms with Crippen LogP contribution in [0.2, 0.25) is 0 Å². The second kappa shape index (κ2) is 5.88. The van der Waals surface area contributed by atoms with E-state index in [9.17, 15) is 14.7 Å². The number of aliphatic hydroxyl groups is 1. The number of piperidine rings is 1. The average molecular weight is 265 g/mol. The largest absolute Gasteiger partial charge is 0.391 e. The summed E-state index contributed by atoms with van der Waals surface area (Å²) in [5.74, 6) is 0. The highest BCUT2D eigenvalue weighted by molar-refractivity contribution is 5.89. The van der Waals surface area contributed by atoms with Crippen molar-refractivity contribution in [2.24, 2.45) is 0 Å². The fourth-order valence-electron chi connectivity index (χ4n) is 2.19. The van der Waals surface area contributed by atoms with Crippen molar-refractivity contribution in [3.63, 3.8) is 0 Å². The average Bonchev–Trinajstić information content (AvgIpc) is 2.41. The summed E-state index contributed by atoms with van der Waals surface area (Å²) >= 11 is 0. The molecule has 6 nitrogen and oxygen atoms in total. The number of nitrogens with zero attached hydrogens (tertiary/aromatic N) is 2. The van der Waals surface area contributed by atoms with E-state index in [0.717, 1.165) is 12.8 Å². The van der Waals surface area contributed by atoms with Crippen LogP contribution in [0, 0.1) is 0 Å². The standard InChI is InChI=1S/C13H19N3O3/c1-2-15-8-10(5-6-12(15)18)14-13(19)16-7-3-4-11(17)9-16/h5-6,8,11,17H,2-4,7,9H2,1H3,(H,14,19).